The lowest BCUT2D eigenvalue weighted by Gasteiger charge is -2.22. The molecule has 1 N–H and O–H groups in total. The van der Waals surface area contributed by atoms with Gasteiger partial charge in [0, 0.05) is 5.56 Å². The van der Waals surface area contributed by atoms with Crippen molar-refractivity contribution in [1.29, 1.82) is 0 Å². The fraction of sp³-hybridized carbons (Fsp3) is 0.417. The molecule has 0 spiro atoms. The zero-order valence-electron chi connectivity index (χ0n) is 8.74. The van der Waals surface area contributed by atoms with Gasteiger partial charge in [0.1, 0.15) is 0 Å². The number of rotatable bonds is 1. The largest absolute Gasteiger partial charge is 0.390 e. The van der Waals surface area contributed by atoms with Crippen LogP contribution in [0.5, 0.6) is 0 Å². The number of benzene rings is 1. The second kappa shape index (κ2) is 3.57. The monoisotopic (exact) mass is 219 g/mol. The Labute approximate surface area is 93.4 Å². The average Bonchev–Trinajstić information content (AvgIpc) is 2.84. The van der Waals surface area contributed by atoms with Crippen molar-refractivity contribution in [1.82, 2.24) is 4.90 Å². The van der Waals surface area contributed by atoms with Gasteiger partial charge in [-0.05, 0) is 0 Å². The summed E-state index contributed by atoms with van der Waals surface area (Å²) in [6.45, 7) is 0.423. The number of hydrogen-bond donors (Lipinski definition) is 1. The zero-order chi connectivity index (χ0) is 11.1. The predicted molar refractivity (Wildman–Crippen MR) is 56.4 cm³/mol. The van der Waals surface area contributed by atoms with Gasteiger partial charge in [-0.3, -0.25) is 4.79 Å². The van der Waals surface area contributed by atoms with Crippen molar-refractivity contribution in [2.24, 2.45) is 0 Å². The molecular weight excluding hydrogens is 206 g/mol. The SMILES string of the molecule is O=C1C[C@H](O)[C@@H]2CO[C@@H](c3ccccc3)N12. The van der Waals surface area contributed by atoms with Crippen LogP contribution in [0.4, 0.5) is 0 Å². The van der Waals surface area contributed by atoms with Crippen molar-refractivity contribution >= 4 is 5.91 Å². The van der Waals surface area contributed by atoms with Crippen molar-refractivity contribution in [3.05, 3.63) is 35.9 Å². The fourth-order valence-corrected chi connectivity index (χ4v) is 2.43. The lowest BCUT2D eigenvalue weighted by molar-refractivity contribution is -0.134. The van der Waals surface area contributed by atoms with Crippen LogP contribution in [0.15, 0.2) is 30.3 Å². The molecule has 1 aromatic rings. The number of carbonyl (C=O) groups is 1. The van der Waals surface area contributed by atoms with E-state index < -0.39 is 6.10 Å². The Kier molecular flexibility index (Phi) is 2.19. The molecule has 2 fully saturated rings. The van der Waals surface area contributed by atoms with E-state index in [-0.39, 0.29) is 24.6 Å². The minimum atomic E-state index is -0.582. The van der Waals surface area contributed by atoms with Crippen LogP contribution in [-0.4, -0.2) is 34.7 Å². The Morgan fingerprint density at radius 3 is 2.81 bits per heavy atom. The molecule has 2 aliphatic rings. The quantitative estimate of drug-likeness (QED) is 0.755. The lowest BCUT2D eigenvalue weighted by Crippen LogP contribution is -2.34. The van der Waals surface area contributed by atoms with Crippen LogP contribution in [-0.2, 0) is 9.53 Å². The minimum Gasteiger partial charge on any atom is -0.390 e. The van der Waals surface area contributed by atoms with Gasteiger partial charge in [0.25, 0.3) is 0 Å². The molecule has 0 aromatic heterocycles. The highest BCUT2D eigenvalue weighted by Gasteiger charge is 2.48. The second-order valence-corrected chi connectivity index (χ2v) is 4.24. The standard InChI is InChI=1S/C12H13NO3/c14-10-6-11(15)13-9(10)7-16-12(13)8-4-2-1-3-5-8/h1-5,9-10,12,14H,6-7H2/t9-,10-,12-/m0/s1. The van der Waals surface area contributed by atoms with Crippen molar-refractivity contribution in [2.45, 2.75) is 24.8 Å². The molecule has 1 amide bonds. The van der Waals surface area contributed by atoms with Gasteiger partial charge in [-0.15, -0.1) is 0 Å². The first kappa shape index (κ1) is 9.81. The van der Waals surface area contributed by atoms with Crippen LogP contribution in [0.3, 0.4) is 0 Å². The molecule has 2 saturated heterocycles. The topological polar surface area (TPSA) is 49.8 Å². The summed E-state index contributed by atoms with van der Waals surface area (Å²) in [4.78, 5) is 13.4. The van der Waals surface area contributed by atoms with E-state index in [1.165, 1.54) is 0 Å². The van der Waals surface area contributed by atoms with E-state index in [4.69, 9.17) is 4.74 Å². The summed E-state index contributed by atoms with van der Waals surface area (Å²) in [5.74, 6) is -0.0242. The summed E-state index contributed by atoms with van der Waals surface area (Å²) in [6.07, 6.45) is -0.686. The first-order valence-electron chi connectivity index (χ1n) is 5.43. The molecule has 4 heteroatoms. The Morgan fingerprint density at radius 1 is 1.31 bits per heavy atom. The molecule has 16 heavy (non-hydrogen) atoms. The predicted octanol–water partition coefficient (Wildman–Crippen LogP) is 0.677. The Bertz CT molecular complexity index is 406. The molecular formula is C12H13NO3. The van der Waals surface area contributed by atoms with E-state index in [1.54, 1.807) is 4.90 Å². The maximum atomic E-state index is 11.7. The number of aliphatic hydroxyl groups excluding tert-OH is 1. The number of amides is 1. The number of hydrogen-bond acceptors (Lipinski definition) is 3. The van der Waals surface area contributed by atoms with Crippen LogP contribution in [0, 0.1) is 0 Å². The summed E-state index contributed by atoms with van der Waals surface area (Å²) in [7, 11) is 0. The Balaban J connectivity index is 1.92. The van der Waals surface area contributed by atoms with Gasteiger partial charge >= 0.3 is 0 Å². The van der Waals surface area contributed by atoms with Gasteiger partial charge in [0.2, 0.25) is 5.91 Å². The molecule has 2 heterocycles. The molecule has 1 aromatic carbocycles. The van der Waals surface area contributed by atoms with Gasteiger partial charge in [-0.25, -0.2) is 0 Å². The molecule has 3 rings (SSSR count). The maximum absolute atomic E-state index is 11.7. The molecule has 0 saturated carbocycles. The van der Waals surface area contributed by atoms with Gasteiger partial charge in [-0.2, -0.15) is 0 Å². The number of carbonyl (C=O) groups excluding carboxylic acids is 1. The van der Waals surface area contributed by atoms with Crippen LogP contribution >= 0.6 is 0 Å². The second-order valence-electron chi connectivity index (χ2n) is 4.24. The molecule has 0 radical (unpaired) electrons. The maximum Gasteiger partial charge on any atom is 0.227 e. The third-order valence-electron chi connectivity index (χ3n) is 3.24. The fourth-order valence-electron chi connectivity index (χ4n) is 2.43. The molecule has 84 valence electrons. The van der Waals surface area contributed by atoms with E-state index in [2.05, 4.69) is 0 Å². The van der Waals surface area contributed by atoms with E-state index in [1.807, 2.05) is 30.3 Å². The van der Waals surface area contributed by atoms with Gasteiger partial charge in [0.15, 0.2) is 6.23 Å². The van der Waals surface area contributed by atoms with Crippen molar-refractivity contribution in [3.8, 4) is 0 Å². The minimum absolute atomic E-state index is 0.0242. The summed E-state index contributed by atoms with van der Waals surface area (Å²) in [6, 6.07) is 9.47. The first-order chi connectivity index (χ1) is 7.77. The van der Waals surface area contributed by atoms with Crippen LogP contribution < -0.4 is 0 Å². The van der Waals surface area contributed by atoms with E-state index in [9.17, 15) is 9.90 Å². The molecule has 0 unspecified atom stereocenters. The smallest absolute Gasteiger partial charge is 0.227 e. The van der Waals surface area contributed by atoms with Crippen LogP contribution in [0.1, 0.15) is 18.2 Å². The van der Waals surface area contributed by atoms with Gasteiger partial charge in [-0.1, -0.05) is 30.3 Å². The molecule has 2 aliphatic heterocycles. The average molecular weight is 219 g/mol. The van der Waals surface area contributed by atoms with Crippen molar-refractivity contribution in [3.63, 3.8) is 0 Å². The lowest BCUT2D eigenvalue weighted by atomic mass is 10.2. The first-order valence-corrected chi connectivity index (χ1v) is 5.43. The Hall–Kier alpha value is -1.39. The summed E-state index contributed by atoms with van der Waals surface area (Å²) >= 11 is 0. The van der Waals surface area contributed by atoms with Crippen molar-refractivity contribution < 1.29 is 14.6 Å². The van der Waals surface area contributed by atoms with Gasteiger partial charge in [0.05, 0.1) is 25.2 Å². The number of aliphatic hydroxyl groups is 1. The van der Waals surface area contributed by atoms with Crippen LogP contribution in [0.2, 0.25) is 0 Å². The number of fused-ring (bicyclic) bond motifs is 1. The highest BCUT2D eigenvalue weighted by atomic mass is 16.5. The molecule has 0 bridgehead atoms. The zero-order valence-corrected chi connectivity index (χ0v) is 8.74. The highest BCUT2D eigenvalue weighted by molar-refractivity contribution is 5.80. The summed E-state index contributed by atoms with van der Waals surface area (Å²) in [5, 5.41) is 9.69. The summed E-state index contributed by atoms with van der Waals surface area (Å²) < 4.78 is 5.59. The van der Waals surface area contributed by atoms with E-state index in [0.717, 1.165) is 5.56 Å². The molecule has 0 aliphatic carbocycles. The van der Waals surface area contributed by atoms with Crippen molar-refractivity contribution in [2.75, 3.05) is 6.61 Å². The number of ether oxygens (including phenoxy) is 1. The third kappa shape index (κ3) is 1.34. The molecule has 4 nitrogen and oxygen atoms in total. The summed E-state index contributed by atoms with van der Waals surface area (Å²) in [5.41, 5.74) is 0.965. The van der Waals surface area contributed by atoms with Crippen LogP contribution in [0.25, 0.3) is 0 Å². The highest BCUT2D eigenvalue weighted by Crippen LogP contribution is 2.37. The van der Waals surface area contributed by atoms with E-state index in [0.29, 0.717) is 6.61 Å². The van der Waals surface area contributed by atoms with E-state index >= 15 is 0 Å². The normalized spacial score (nSPS) is 33.2. The van der Waals surface area contributed by atoms with Gasteiger partial charge < -0.3 is 14.7 Å². The Morgan fingerprint density at radius 2 is 2.06 bits per heavy atom. The number of nitrogens with zero attached hydrogens (tertiary/aromatic N) is 1. The third-order valence-corrected chi connectivity index (χ3v) is 3.24. The molecule has 3 atom stereocenters.